The minimum atomic E-state index is -1.59. The molecule has 5 rings (SSSR count). The van der Waals surface area contributed by atoms with Gasteiger partial charge in [0.05, 0.1) is 23.9 Å². The van der Waals surface area contributed by atoms with Gasteiger partial charge >= 0.3 is 0 Å². The number of ketones is 3. The third kappa shape index (κ3) is 3.16. The average Bonchev–Trinajstić information content (AvgIpc) is 3.56. The highest BCUT2D eigenvalue weighted by Gasteiger charge is 2.56. The molecule has 3 aromatic rings. The van der Waals surface area contributed by atoms with Crippen molar-refractivity contribution in [3.05, 3.63) is 64.1 Å². The highest BCUT2D eigenvalue weighted by molar-refractivity contribution is 6.31. The first-order chi connectivity index (χ1) is 17.1. The molecule has 0 radical (unpaired) electrons. The second-order valence-corrected chi connectivity index (χ2v) is 8.73. The molecule has 1 atom stereocenters. The van der Waals surface area contributed by atoms with Crippen LogP contribution in [0, 0.1) is 6.92 Å². The maximum Gasteiger partial charge on any atom is 0.246 e. The normalized spacial score (nSPS) is 19.9. The van der Waals surface area contributed by atoms with Crippen molar-refractivity contribution in [2.75, 3.05) is 0 Å². The Morgan fingerprint density at radius 1 is 1.19 bits per heavy atom. The number of hydrogen-bond acceptors (Lipinski definition) is 11. The van der Waals surface area contributed by atoms with Crippen LogP contribution in [0.5, 0.6) is 17.2 Å². The molecule has 0 saturated carbocycles. The van der Waals surface area contributed by atoms with Gasteiger partial charge in [-0.1, -0.05) is 5.16 Å². The van der Waals surface area contributed by atoms with Gasteiger partial charge in [-0.3, -0.25) is 14.4 Å². The summed E-state index contributed by atoms with van der Waals surface area (Å²) >= 11 is 0. The maximum absolute atomic E-state index is 13.8. The second kappa shape index (κ2) is 7.94. The number of fused-ring (bicyclic) bond motifs is 3. The molecule has 0 fully saturated rings. The van der Waals surface area contributed by atoms with Crippen molar-refractivity contribution < 1.29 is 38.3 Å². The molecular formula is C25H21N3O8. The molecule has 1 aromatic carbocycles. The van der Waals surface area contributed by atoms with E-state index in [2.05, 4.69) is 15.5 Å². The summed E-state index contributed by atoms with van der Waals surface area (Å²) in [7, 11) is 0. The Hall–Kier alpha value is -4.67. The molecule has 11 nitrogen and oxygen atoms in total. The Labute approximate surface area is 204 Å². The Morgan fingerprint density at radius 3 is 2.61 bits per heavy atom. The molecule has 0 spiro atoms. The van der Waals surface area contributed by atoms with Crippen LogP contribution in [-0.2, 0) is 21.5 Å². The van der Waals surface area contributed by atoms with Crippen molar-refractivity contribution in [2.24, 2.45) is 0 Å². The van der Waals surface area contributed by atoms with Gasteiger partial charge in [-0.15, -0.1) is 0 Å². The molecule has 184 valence electrons. The third-order valence-electron chi connectivity index (χ3n) is 6.47. The number of allylic oxidation sites excluding steroid dienone is 4. The predicted molar refractivity (Wildman–Crippen MR) is 122 cm³/mol. The van der Waals surface area contributed by atoms with E-state index < -0.39 is 28.5 Å². The lowest BCUT2D eigenvalue weighted by Gasteiger charge is -2.29. The quantitative estimate of drug-likeness (QED) is 0.273. The first-order valence-electron chi connectivity index (χ1n) is 11.0. The zero-order valence-electron chi connectivity index (χ0n) is 19.8. The Morgan fingerprint density at radius 2 is 1.94 bits per heavy atom. The van der Waals surface area contributed by atoms with Crippen LogP contribution < -0.4 is 10.1 Å². The van der Waals surface area contributed by atoms with E-state index in [0.717, 1.165) is 6.08 Å². The van der Waals surface area contributed by atoms with Crippen molar-refractivity contribution in [1.82, 2.24) is 15.5 Å². The number of phenolic OH excluding ortho intramolecular Hbond substituents is 2. The van der Waals surface area contributed by atoms with Gasteiger partial charge in [0.2, 0.25) is 11.7 Å². The van der Waals surface area contributed by atoms with E-state index >= 15 is 0 Å². The van der Waals surface area contributed by atoms with E-state index in [4.69, 9.17) is 13.7 Å². The highest BCUT2D eigenvalue weighted by atomic mass is 16.5. The number of benzene rings is 1. The lowest BCUT2D eigenvalue weighted by molar-refractivity contribution is -0.123. The van der Waals surface area contributed by atoms with Crippen LogP contribution in [0.4, 0.5) is 0 Å². The van der Waals surface area contributed by atoms with E-state index in [1.807, 2.05) is 0 Å². The van der Waals surface area contributed by atoms with Crippen LogP contribution in [0.2, 0.25) is 0 Å². The fourth-order valence-electron chi connectivity index (χ4n) is 4.49. The second-order valence-electron chi connectivity index (χ2n) is 8.73. The van der Waals surface area contributed by atoms with E-state index in [1.54, 1.807) is 19.1 Å². The summed E-state index contributed by atoms with van der Waals surface area (Å²) < 4.78 is 16.2. The molecule has 2 aliphatic rings. The third-order valence-corrected chi connectivity index (χ3v) is 6.47. The van der Waals surface area contributed by atoms with Gasteiger partial charge in [0.1, 0.15) is 34.0 Å². The van der Waals surface area contributed by atoms with Crippen LogP contribution >= 0.6 is 0 Å². The van der Waals surface area contributed by atoms with Crippen LogP contribution in [0.3, 0.4) is 0 Å². The van der Waals surface area contributed by atoms with Crippen LogP contribution in [0.25, 0.3) is 11.6 Å². The number of phenols is 2. The number of Topliss-reactive ketones (excluding diaryl/α,β-unsaturated/α-hetero) is 2. The number of nitrogens with one attached hydrogen (secondary N) is 1. The van der Waals surface area contributed by atoms with E-state index in [-0.39, 0.29) is 63.5 Å². The smallest absolute Gasteiger partial charge is 0.246 e. The lowest BCUT2D eigenvalue weighted by Crippen LogP contribution is -2.41. The molecule has 0 saturated heterocycles. The van der Waals surface area contributed by atoms with E-state index in [0.29, 0.717) is 5.76 Å². The maximum atomic E-state index is 13.8. The summed E-state index contributed by atoms with van der Waals surface area (Å²) in [6.07, 6.45) is 2.63. The van der Waals surface area contributed by atoms with Crippen LogP contribution in [0.15, 0.2) is 50.4 Å². The summed E-state index contributed by atoms with van der Waals surface area (Å²) in [5.41, 5.74) is -1.62. The fraction of sp³-hybridized carbons (Fsp3) is 0.240. The Balaban J connectivity index is 1.52. The van der Waals surface area contributed by atoms with Crippen molar-refractivity contribution in [1.29, 1.82) is 0 Å². The lowest BCUT2D eigenvalue weighted by atomic mass is 9.70. The Bertz CT molecular complexity index is 1530. The van der Waals surface area contributed by atoms with Gasteiger partial charge in [0.25, 0.3) is 0 Å². The summed E-state index contributed by atoms with van der Waals surface area (Å²) in [4.78, 5) is 43.2. The SMILES string of the molecule is CC(=O)c1c(O)c(C)c(O)c2c1OC1=CC(=O)/C(=C(/C)NCc3nc(-c4ccco4)no3)C(=O)[C@@]12C. The first kappa shape index (κ1) is 23.1. The number of nitrogens with zero attached hydrogens (tertiary/aromatic N) is 2. The standard InChI is InChI=1S/C25H21N3O8/c1-10-20(31)18(12(3)29)22-19(21(10)32)25(4)15(35-22)8-13(30)17(23(25)33)11(2)26-9-16-27-24(28-36-16)14-6-5-7-34-14/h5-8,26,31-32H,9H2,1-4H3/b17-11+/t25-/m0/s1. The first-order valence-corrected chi connectivity index (χ1v) is 11.0. The van der Waals surface area contributed by atoms with Gasteiger partial charge in [-0.25, -0.2) is 0 Å². The van der Waals surface area contributed by atoms with Crippen molar-refractivity contribution in [2.45, 2.75) is 39.7 Å². The molecule has 1 aliphatic carbocycles. The van der Waals surface area contributed by atoms with Gasteiger partial charge in [0.15, 0.2) is 23.1 Å². The molecule has 2 aromatic heterocycles. The summed E-state index contributed by atoms with van der Waals surface area (Å²) in [6, 6.07) is 3.36. The van der Waals surface area contributed by atoms with Crippen molar-refractivity contribution >= 4 is 17.3 Å². The van der Waals surface area contributed by atoms with Crippen LogP contribution in [-0.4, -0.2) is 37.7 Å². The average molecular weight is 491 g/mol. The summed E-state index contributed by atoms with van der Waals surface area (Å²) in [6.45, 7) is 5.73. The Kier molecular flexibility index (Phi) is 5.09. The highest BCUT2D eigenvalue weighted by Crippen LogP contribution is 2.57. The monoisotopic (exact) mass is 491 g/mol. The molecule has 3 N–H and O–H groups in total. The molecule has 1 aliphatic heterocycles. The summed E-state index contributed by atoms with van der Waals surface area (Å²) in [5.74, 6) is -1.89. The molecule has 0 unspecified atom stereocenters. The van der Waals surface area contributed by atoms with Crippen LogP contribution in [0.1, 0.15) is 48.1 Å². The number of furan rings is 1. The van der Waals surface area contributed by atoms with Gasteiger partial charge in [0, 0.05) is 17.3 Å². The zero-order valence-corrected chi connectivity index (χ0v) is 19.8. The minimum absolute atomic E-state index is 0.0245. The van der Waals surface area contributed by atoms with Gasteiger partial charge in [-0.2, -0.15) is 4.98 Å². The number of rotatable bonds is 5. The van der Waals surface area contributed by atoms with Gasteiger partial charge in [-0.05, 0) is 39.8 Å². The fourth-order valence-corrected chi connectivity index (χ4v) is 4.49. The minimum Gasteiger partial charge on any atom is -0.507 e. The number of carbonyl (C=O) groups is 3. The molecular weight excluding hydrogens is 470 g/mol. The van der Waals surface area contributed by atoms with Gasteiger partial charge < -0.3 is 29.2 Å². The number of ether oxygens (including phenoxy) is 1. The number of aromatic nitrogens is 2. The molecule has 36 heavy (non-hydrogen) atoms. The number of carbonyl (C=O) groups excluding carboxylic acids is 3. The zero-order chi connectivity index (χ0) is 25.9. The molecule has 0 amide bonds. The molecule has 3 heterocycles. The largest absolute Gasteiger partial charge is 0.507 e. The summed E-state index contributed by atoms with van der Waals surface area (Å²) in [5, 5.41) is 28.1. The topological polar surface area (TPSA) is 165 Å². The molecule has 11 heteroatoms. The van der Waals surface area contributed by atoms with Crippen molar-refractivity contribution in [3.63, 3.8) is 0 Å². The molecule has 0 bridgehead atoms. The van der Waals surface area contributed by atoms with E-state index in [9.17, 15) is 24.6 Å². The number of hydrogen-bond donors (Lipinski definition) is 3. The predicted octanol–water partition coefficient (Wildman–Crippen LogP) is 3.00. The van der Waals surface area contributed by atoms with E-state index in [1.165, 1.54) is 27.0 Å². The van der Waals surface area contributed by atoms with Crippen molar-refractivity contribution in [3.8, 4) is 28.8 Å². The number of aromatic hydroxyl groups is 2.